The van der Waals surface area contributed by atoms with Gasteiger partial charge in [0.05, 0.1) is 19.8 Å². The molecule has 1 aromatic carbocycles. The normalized spacial score (nSPS) is 16.1. The van der Waals surface area contributed by atoms with E-state index < -0.39 is 6.61 Å². The number of piperidine rings is 1. The van der Waals surface area contributed by atoms with Crippen molar-refractivity contribution >= 4 is 5.96 Å². The van der Waals surface area contributed by atoms with Crippen molar-refractivity contribution in [2.75, 3.05) is 39.8 Å². The van der Waals surface area contributed by atoms with Gasteiger partial charge in [-0.2, -0.15) is 8.78 Å². The number of aliphatic hydroxyl groups excluding tert-OH is 1. The van der Waals surface area contributed by atoms with Crippen LogP contribution in [-0.2, 0) is 6.54 Å². The van der Waals surface area contributed by atoms with E-state index in [0.717, 1.165) is 45.4 Å². The number of benzene rings is 1. The number of ether oxygens (including phenoxy) is 2. The summed E-state index contributed by atoms with van der Waals surface area (Å²) < 4.78 is 35.1. The molecule has 0 radical (unpaired) electrons. The summed E-state index contributed by atoms with van der Waals surface area (Å²) in [6.45, 7) is 3.49. The van der Waals surface area contributed by atoms with Crippen LogP contribution in [0, 0.1) is 0 Å². The summed E-state index contributed by atoms with van der Waals surface area (Å²) in [5.41, 5.74) is 0.522. The van der Waals surface area contributed by atoms with Gasteiger partial charge in [-0.25, -0.2) is 4.99 Å². The monoisotopic (exact) mass is 414 g/mol. The summed E-state index contributed by atoms with van der Waals surface area (Å²) in [5.74, 6) is 1.27. The van der Waals surface area contributed by atoms with Gasteiger partial charge in [-0.1, -0.05) is 0 Å². The first-order valence-electron chi connectivity index (χ1n) is 10.1. The van der Waals surface area contributed by atoms with Crippen LogP contribution >= 0.6 is 0 Å². The van der Waals surface area contributed by atoms with E-state index >= 15 is 0 Å². The lowest BCUT2D eigenvalue weighted by molar-refractivity contribution is -0.0504. The summed E-state index contributed by atoms with van der Waals surface area (Å²) >= 11 is 0. The number of hydrogen-bond acceptors (Lipinski definition) is 5. The van der Waals surface area contributed by atoms with E-state index in [2.05, 4.69) is 25.3 Å². The molecule has 0 bridgehead atoms. The highest BCUT2D eigenvalue weighted by Crippen LogP contribution is 2.26. The Bertz CT molecular complexity index is 638. The maximum Gasteiger partial charge on any atom is 0.387 e. The van der Waals surface area contributed by atoms with Gasteiger partial charge in [0.1, 0.15) is 11.5 Å². The number of halogens is 2. The zero-order valence-corrected chi connectivity index (χ0v) is 17.2. The number of likely N-dealkylation sites (tertiary alicyclic amines) is 1. The van der Waals surface area contributed by atoms with Crippen LogP contribution in [0.3, 0.4) is 0 Å². The van der Waals surface area contributed by atoms with Gasteiger partial charge in [0.2, 0.25) is 0 Å². The molecule has 0 aliphatic carbocycles. The van der Waals surface area contributed by atoms with Gasteiger partial charge < -0.3 is 30.1 Å². The molecule has 0 atom stereocenters. The maximum absolute atomic E-state index is 12.7. The van der Waals surface area contributed by atoms with E-state index in [4.69, 9.17) is 4.74 Å². The lowest BCUT2D eigenvalue weighted by atomic mass is 10.1. The third-order valence-electron chi connectivity index (χ3n) is 4.74. The highest BCUT2D eigenvalue weighted by molar-refractivity contribution is 5.79. The Morgan fingerprint density at radius 1 is 1.31 bits per heavy atom. The summed E-state index contributed by atoms with van der Waals surface area (Å²) in [7, 11) is 1.52. The number of hydrogen-bond donors (Lipinski definition) is 3. The van der Waals surface area contributed by atoms with Crippen LogP contribution in [0.2, 0.25) is 0 Å². The molecule has 1 fully saturated rings. The Labute approximate surface area is 171 Å². The van der Waals surface area contributed by atoms with Crippen molar-refractivity contribution in [3.8, 4) is 11.5 Å². The summed E-state index contributed by atoms with van der Waals surface area (Å²) in [6.07, 6.45) is 2.45. The van der Waals surface area contributed by atoms with Crippen molar-refractivity contribution in [1.82, 2.24) is 15.5 Å². The molecular formula is C20H32F2N4O3. The molecule has 0 spiro atoms. The highest BCUT2D eigenvalue weighted by Gasteiger charge is 2.16. The molecule has 164 valence electrons. The van der Waals surface area contributed by atoms with Crippen molar-refractivity contribution in [3.05, 3.63) is 23.8 Å². The Kier molecular flexibility index (Phi) is 9.93. The highest BCUT2D eigenvalue weighted by atomic mass is 19.3. The van der Waals surface area contributed by atoms with E-state index in [9.17, 15) is 13.9 Å². The zero-order chi connectivity index (χ0) is 21.1. The average molecular weight is 414 g/mol. The largest absolute Gasteiger partial charge is 0.497 e. The van der Waals surface area contributed by atoms with E-state index in [1.807, 2.05) is 6.92 Å². The first kappa shape index (κ1) is 23.2. The third kappa shape index (κ3) is 8.41. The first-order valence-corrected chi connectivity index (χ1v) is 10.1. The maximum atomic E-state index is 12.7. The molecule has 1 aliphatic heterocycles. The molecule has 0 unspecified atom stereocenters. The summed E-state index contributed by atoms with van der Waals surface area (Å²) in [6, 6.07) is 4.69. The number of alkyl halides is 2. The number of nitrogens with one attached hydrogen (secondary N) is 2. The molecule has 0 amide bonds. The minimum Gasteiger partial charge on any atom is -0.497 e. The Balaban J connectivity index is 1.89. The van der Waals surface area contributed by atoms with Gasteiger partial charge in [-0.05, 0) is 50.9 Å². The fraction of sp³-hybridized carbons (Fsp3) is 0.650. The number of guanidine groups is 1. The van der Waals surface area contributed by atoms with E-state index in [-0.39, 0.29) is 18.4 Å². The van der Waals surface area contributed by atoms with Crippen molar-refractivity contribution in [1.29, 1.82) is 0 Å². The Morgan fingerprint density at radius 2 is 2.07 bits per heavy atom. The van der Waals surface area contributed by atoms with Crippen molar-refractivity contribution in [3.63, 3.8) is 0 Å². The van der Waals surface area contributed by atoms with Crippen molar-refractivity contribution < 1.29 is 23.4 Å². The van der Waals surface area contributed by atoms with Crippen LogP contribution in [0.4, 0.5) is 8.78 Å². The second-order valence-electron chi connectivity index (χ2n) is 6.90. The SMILES string of the molecule is CCNC(=NCc1cc(OC)ccc1OC(F)F)NCCCN1CCC(O)CC1. The third-order valence-corrected chi connectivity index (χ3v) is 4.74. The molecule has 9 heteroatoms. The molecule has 3 N–H and O–H groups in total. The lowest BCUT2D eigenvalue weighted by Gasteiger charge is -2.29. The number of methoxy groups -OCH3 is 1. The molecule has 0 saturated carbocycles. The quantitative estimate of drug-likeness (QED) is 0.310. The fourth-order valence-electron chi connectivity index (χ4n) is 3.18. The van der Waals surface area contributed by atoms with Crippen LogP contribution < -0.4 is 20.1 Å². The predicted molar refractivity (Wildman–Crippen MR) is 109 cm³/mol. The van der Waals surface area contributed by atoms with Crippen LogP contribution in [0.5, 0.6) is 11.5 Å². The second kappa shape index (κ2) is 12.4. The molecule has 0 aromatic heterocycles. The average Bonchev–Trinajstić information content (AvgIpc) is 2.71. The zero-order valence-electron chi connectivity index (χ0n) is 17.2. The molecule has 2 rings (SSSR count). The molecule has 1 saturated heterocycles. The molecular weight excluding hydrogens is 382 g/mol. The number of rotatable bonds is 10. The first-order chi connectivity index (χ1) is 14.0. The fourth-order valence-corrected chi connectivity index (χ4v) is 3.18. The standard InChI is InChI=1S/C20H32F2N4O3/c1-3-23-20(24-9-4-10-26-11-7-16(27)8-12-26)25-14-15-13-17(28-2)5-6-18(15)29-19(21)22/h5-6,13,16,19,27H,3-4,7-12,14H2,1-2H3,(H2,23,24,25). The van der Waals surface area contributed by atoms with Crippen molar-refractivity contribution in [2.24, 2.45) is 4.99 Å². The molecule has 1 aliphatic rings. The van der Waals surface area contributed by atoms with Crippen LogP contribution in [0.25, 0.3) is 0 Å². The van der Waals surface area contributed by atoms with Gasteiger partial charge >= 0.3 is 6.61 Å². The van der Waals surface area contributed by atoms with Gasteiger partial charge in [-0.15, -0.1) is 0 Å². The van der Waals surface area contributed by atoms with Gasteiger partial charge in [0, 0.05) is 31.7 Å². The lowest BCUT2D eigenvalue weighted by Crippen LogP contribution is -2.40. The second-order valence-corrected chi connectivity index (χ2v) is 6.90. The van der Waals surface area contributed by atoms with E-state index in [1.165, 1.54) is 13.2 Å². The van der Waals surface area contributed by atoms with Crippen LogP contribution in [-0.4, -0.2) is 68.5 Å². The number of aliphatic imine (C=N–C) groups is 1. The molecule has 7 nitrogen and oxygen atoms in total. The molecule has 1 aromatic rings. The summed E-state index contributed by atoms with van der Waals surface area (Å²) in [4.78, 5) is 6.84. The predicted octanol–water partition coefficient (Wildman–Crippen LogP) is 2.20. The minimum atomic E-state index is -2.90. The van der Waals surface area contributed by atoms with E-state index in [1.54, 1.807) is 12.1 Å². The Hall–Kier alpha value is -2.13. The van der Waals surface area contributed by atoms with Crippen molar-refractivity contribution in [2.45, 2.75) is 45.4 Å². The molecule has 1 heterocycles. The minimum absolute atomic E-state index is 0.0904. The smallest absolute Gasteiger partial charge is 0.387 e. The summed E-state index contributed by atoms with van der Waals surface area (Å²) in [5, 5.41) is 16.0. The van der Waals surface area contributed by atoms with Gasteiger partial charge in [0.25, 0.3) is 0 Å². The Morgan fingerprint density at radius 3 is 2.72 bits per heavy atom. The van der Waals surface area contributed by atoms with E-state index in [0.29, 0.717) is 23.8 Å². The van der Waals surface area contributed by atoms with Gasteiger partial charge in [-0.3, -0.25) is 0 Å². The topological polar surface area (TPSA) is 78.4 Å². The number of aliphatic hydroxyl groups is 1. The van der Waals surface area contributed by atoms with Crippen LogP contribution in [0.15, 0.2) is 23.2 Å². The van der Waals surface area contributed by atoms with Gasteiger partial charge in [0.15, 0.2) is 5.96 Å². The molecule has 29 heavy (non-hydrogen) atoms. The number of nitrogens with zero attached hydrogens (tertiary/aromatic N) is 2. The van der Waals surface area contributed by atoms with Crippen LogP contribution in [0.1, 0.15) is 31.7 Å².